The van der Waals surface area contributed by atoms with Gasteiger partial charge in [0.25, 0.3) is 0 Å². The summed E-state index contributed by atoms with van der Waals surface area (Å²) in [6, 6.07) is 8.09. The van der Waals surface area contributed by atoms with E-state index in [0.717, 1.165) is 42.5 Å². The monoisotopic (exact) mass is 436 g/mol. The lowest BCUT2D eigenvalue weighted by Crippen LogP contribution is -2.35. The molecule has 4 N–H and O–H groups in total. The lowest BCUT2D eigenvalue weighted by atomic mass is 9.96. The van der Waals surface area contributed by atoms with Crippen LogP contribution in [0.1, 0.15) is 57.2 Å². The number of nitrogens with two attached hydrogens (primary N) is 1. The van der Waals surface area contributed by atoms with Gasteiger partial charge in [0.15, 0.2) is 0 Å². The fourth-order valence-electron chi connectivity index (χ4n) is 3.71. The van der Waals surface area contributed by atoms with E-state index in [2.05, 4.69) is 37.7 Å². The van der Waals surface area contributed by atoms with Gasteiger partial charge in [-0.1, -0.05) is 18.6 Å². The molecular formula is C24H32N6O2. The number of nitrogens with one attached hydrogen (secondary N) is 2. The van der Waals surface area contributed by atoms with Crippen molar-refractivity contribution in [2.24, 2.45) is 10.7 Å². The Kier molecular flexibility index (Phi) is 7.45. The lowest BCUT2D eigenvalue weighted by Gasteiger charge is -2.24. The number of rotatable bonds is 5. The number of allylic oxidation sites excluding steroid dienone is 1. The summed E-state index contributed by atoms with van der Waals surface area (Å²) in [5, 5.41) is 6.12. The second-order valence-corrected chi connectivity index (χ2v) is 8.76. The van der Waals surface area contributed by atoms with Crippen molar-refractivity contribution in [1.29, 1.82) is 0 Å². The van der Waals surface area contributed by atoms with Crippen LogP contribution >= 0.6 is 0 Å². The molecule has 1 heterocycles. The Labute approximate surface area is 189 Å². The third kappa shape index (κ3) is 6.29. The van der Waals surface area contributed by atoms with Crippen LogP contribution in [0.3, 0.4) is 0 Å². The van der Waals surface area contributed by atoms with Gasteiger partial charge in [-0.3, -0.25) is 4.99 Å². The molecular weight excluding hydrogens is 404 g/mol. The summed E-state index contributed by atoms with van der Waals surface area (Å²) in [6.45, 7) is 5.60. The van der Waals surface area contributed by atoms with Gasteiger partial charge in [0.1, 0.15) is 5.60 Å². The highest BCUT2D eigenvalue weighted by Gasteiger charge is 2.24. The molecule has 0 aliphatic heterocycles. The Morgan fingerprint density at radius 3 is 2.81 bits per heavy atom. The quantitative estimate of drug-likeness (QED) is 0.474. The Morgan fingerprint density at radius 1 is 1.28 bits per heavy atom. The van der Waals surface area contributed by atoms with E-state index in [9.17, 15) is 4.79 Å². The van der Waals surface area contributed by atoms with Gasteiger partial charge in [-0.25, -0.2) is 14.8 Å². The molecule has 32 heavy (non-hydrogen) atoms. The van der Waals surface area contributed by atoms with Crippen molar-refractivity contribution >= 4 is 18.3 Å². The number of aliphatic imine (C=N–C) groups is 1. The van der Waals surface area contributed by atoms with Crippen molar-refractivity contribution in [3.8, 4) is 11.3 Å². The highest BCUT2D eigenvalue weighted by Crippen LogP contribution is 2.32. The number of alkyl carbamates (subject to hydrolysis) is 1. The molecule has 1 aromatic carbocycles. The Hall–Kier alpha value is -3.42. The smallest absolute Gasteiger partial charge is 0.408 e. The molecule has 0 saturated heterocycles. The van der Waals surface area contributed by atoms with Crippen LogP contribution in [0.2, 0.25) is 0 Å². The fraction of sp³-hybridized carbons (Fsp3) is 0.417. The molecule has 8 heteroatoms. The Balaban J connectivity index is 1.84. The average Bonchev–Trinajstić information content (AvgIpc) is 2.94. The van der Waals surface area contributed by atoms with Gasteiger partial charge >= 0.3 is 6.09 Å². The zero-order valence-electron chi connectivity index (χ0n) is 19.2. The standard InChI is InChI=1S/C24H32N6O2/c1-24(2,3)32-23(31)30-21-8-6-5-7-16-13-17(9-10-19(16)21)20-11-12-27-22(29-20)28-18(14-25)15-26-4/h9-15,21H,5-8,25H2,1-4H3,(H,30,31)(H,27,28,29). The number of ether oxygens (including phenoxy) is 1. The molecule has 1 atom stereocenters. The summed E-state index contributed by atoms with van der Waals surface area (Å²) < 4.78 is 5.46. The molecule has 0 radical (unpaired) electrons. The number of hydrogen-bond acceptors (Lipinski definition) is 7. The zero-order valence-corrected chi connectivity index (χ0v) is 19.2. The first-order valence-electron chi connectivity index (χ1n) is 10.9. The number of aryl methyl sites for hydroxylation is 1. The molecule has 3 rings (SSSR count). The molecule has 0 fully saturated rings. The van der Waals surface area contributed by atoms with Crippen LogP contribution in [0.4, 0.5) is 10.7 Å². The minimum atomic E-state index is -0.526. The predicted octanol–water partition coefficient (Wildman–Crippen LogP) is 4.35. The topological polar surface area (TPSA) is 115 Å². The maximum absolute atomic E-state index is 12.4. The molecule has 0 bridgehead atoms. The number of anilines is 1. The third-order valence-corrected chi connectivity index (χ3v) is 5.05. The first-order chi connectivity index (χ1) is 15.3. The maximum Gasteiger partial charge on any atom is 0.408 e. The molecule has 170 valence electrons. The molecule has 1 aromatic heterocycles. The summed E-state index contributed by atoms with van der Waals surface area (Å²) >= 11 is 0. The SMILES string of the molecule is CN=CC(=CN)Nc1nccc(-c2ccc3c(c2)CCCCC3NC(=O)OC(C)(C)C)n1. The maximum atomic E-state index is 12.4. The number of benzene rings is 1. The Bertz CT molecular complexity index is 1010. The molecule has 2 aromatic rings. The van der Waals surface area contributed by atoms with Crippen molar-refractivity contribution in [2.45, 2.75) is 58.1 Å². The molecule has 1 aliphatic rings. The number of amides is 1. The van der Waals surface area contributed by atoms with E-state index < -0.39 is 5.60 Å². The van der Waals surface area contributed by atoms with Gasteiger partial charge in [0.2, 0.25) is 5.95 Å². The normalized spacial score (nSPS) is 16.9. The third-order valence-electron chi connectivity index (χ3n) is 5.05. The van der Waals surface area contributed by atoms with Crippen LogP contribution in [0, 0.1) is 0 Å². The van der Waals surface area contributed by atoms with Crippen molar-refractivity contribution in [3.63, 3.8) is 0 Å². The number of hydrogen-bond donors (Lipinski definition) is 3. The van der Waals surface area contributed by atoms with E-state index in [1.165, 1.54) is 11.8 Å². The fourth-order valence-corrected chi connectivity index (χ4v) is 3.71. The molecule has 0 saturated carbocycles. The molecule has 0 spiro atoms. The zero-order chi connectivity index (χ0) is 23.1. The van der Waals surface area contributed by atoms with Gasteiger partial charge in [0, 0.05) is 31.2 Å². The average molecular weight is 437 g/mol. The predicted molar refractivity (Wildman–Crippen MR) is 127 cm³/mol. The van der Waals surface area contributed by atoms with Crippen LogP contribution in [0.5, 0.6) is 0 Å². The summed E-state index contributed by atoms with van der Waals surface area (Å²) in [6.07, 6.45) is 8.31. The summed E-state index contributed by atoms with van der Waals surface area (Å²) in [5.74, 6) is 0.443. The van der Waals surface area contributed by atoms with Crippen molar-refractivity contribution in [1.82, 2.24) is 15.3 Å². The van der Waals surface area contributed by atoms with Gasteiger partial charge < -0.3 is 21.1 Å². The second kappa shape index (κ2) is 10.3. The summed E-state index contributed by atoms with van der Waals surface area (Å²) in [4.78, 5) is 25.2. The second-order valence-electron chi connectivity index (χ2n) is 8.76. The van der Waals surface area contributed by atoms with Gasteiger partial charge in [-0.15, -0.1) is 0 Å². The van der Waals surface area contributed by atoms with E-state index in [4.69, 9.17) is 10.5 Å². The highest BCUT2D eigenvalue weighted by atomic mass is 16.6. The minimum absolute atomic E-state index is 0.0652. The van der Waals surface area contributed by atoms with Crippen LogP contribution < -0.4 is 16.4 Å². The van der Waals surface area contributed by atoms with Crippen LogP contribution in [-0.2, 0) is 11.2 Å². The molecule has 1 unspecified atom stereocenters. The van der Waals surface area contributed by atoms with Gasteiger partial charge in [-0.05, 0) is 63.3 Å². The molecule has 1 aliphatic carbocycles. The number of fused-ring (bicyclic) bond motifs is 1. The minimum Gasteiger partial charge on any atom is -0.444 e. The Morgan fingerprint density at radius 2 is 2.09 bits per heavy atom. The summed E-state index contributed by atoms with van der Waals surface area (Å²) in [7, 11) is 1.67. The van der Waals surface area contributed by atoms with Gasteiger partial charge in [-0.2, -0.15) is 0 Å². The first kappa shape index (κ1) is 23.2. The summed E-state index contributed by atoms with van der Waals surface area (Å²) in [5.41, 5.74) is 9.86. The van der Waals surface area contributed by atoms with Crippen molar-refractivity contribution in [3.05, 3.63) is 53.5 Å². The molecule has 8 nitrogen and oxygen atoms in total. The lowest BCUT2D eigenvalue weighted by molar-refractivity contribution is 0.0501. The number of aromatic nitrogens is 2. The van der Waals surface area contributed by atoms with E-state index in [-0.39, 0.29) is 12.1 Å². The number of carbonyl (C=O) groups is 1. The van der Waals surface area contributed by atoms with Crippen molar-refractivity contribution < 1.29 is 9.53 Å². The van der Waals surface area contributed by atoms with E-state index in [1.807, 2.05) is 32.9 Å². The van der Waals surface area contributed by atoms with Gasteiger partial charge in [0.05, 0.1) is 17.4 Å². The number of carbonyl (C=O) groups excluding carboxylic acids is 1. The first-order valence-corrected chi connectivity index (χ1v) is 10.9. The van der Waals surface area contributed by atoms with Crippen LogP contribution in [-0.4, -0.2) is 34.9 Å². The van der Waals surface area contributed by atoms with Crippen molar-refractivity contribution in [2.75, 3.05) is 12.4 Å². The molecule has 1 amide bonds. The van der Waals surface area contributed by atoms with E-state index in [0.29, 0.717) is 11.6 Å². The van der Waals surface area contributed by atoms with Crippen LogP contribution in [0.25, 0.3) is 11.3 Å². The van der Waals surface area contributed by atoms with E-state index >= 15 is 0 Å². The largest absolute Gasteiger partial charge is 0.444 e. The number of nitrogens with zero attached hydrogens (tertiary/aromatic N) is 3. The van der Waals surface area contributed by atoms with E-state index in [1.54, 1.807) is 19.5 Å². The highest BCUT2D eigenvalue weighted by molar-refractivity contribution is 5.82. The van der Waals surface area contributed by atoms with Crippen LogP contribution in [0.15, 0.2) is 47.4 Å².